The highest BCUT2D eigenvalue weighted by molar-refractivity contribution is 6.20. The summed E-state index contributed by atoms with van der Waals surface area (Å²) in [5.74, 6) is 2.04. The van der Waals surface area contributed by atoms with Crippen LogP contribution in [0.5, 0.6) is 11.5 Å². The van der Waals surface area contributed by atoms with Gasteiger partial charge in [0.25, 0.3) is 5.91 Å². The molecular weight excluding hydrogens is 432 g/mol. The lowest BCUT2D eigenvalue weighted by Crippen LogP contribution is -2.47. The van der Waals surface area contributed by atoms with Gasteiger partial charge in [-0.15, -0.1) is 0 Å². The molecule has 9 heteroatoms. The number of aliphatic imine (C=N–C) groups is 2. The summed E-state index contributed by atoms with van der Waals surface area (Å²) in [4.78, 5) is 30.5. The van der Waals surface area contributed by atoms with Gasteiger partial charge >= 0.3 is 0 Å². The number of carbonyl (C=O) groups excluding carboxylic acids is 1. The van der Waals surface area contributed by atoms with E-state index >= 15 is 0 Å². The third-order valence-corrected chi connectivity index (χ3v) is 5.94. The summed E-state index contributed by atoms with van der Waals surface area (Å²) in [5.41, 5.74) is 1.91. The van der Waals surface area contributed by atoms with Crippen LogP contribution in [0.1, 0.15) is 43.6 Å². The third-order valence-electron chi connectivity index (χ3n) is 5.94. The van der Waals surface area contributed by atoms with Gasteiger partial charge in [-0.1, -0.05) is 0 Å². The zero-order chi connectivity index (χ0) is 24.2. The van der Waals surface area contributed by atoms with Crippen molar-refractivity contribution in [3.8, 4) is 11.5 Å². The van der Waals surface area contributed by atoms with Crippen molar-refractivity contribution in [3.05, 3.63) is 47.8 Å². The second-order valence-corrected chi connectivity index (χ2v) is 8.76. The zero-order valence-electron chi connectivity index (χ0n) is 20.4. The lowest BCUT2D eigenvalue weighted by atomic mass is 10.1. The van der Waals surface area contributed by atoms with E-state index in [0.29, 0.717) is 60.5 Å². The Kier molecular flexibility index (Phi) is 7.12. The van der Waals surface area contributed by atoms with Crippen molar-refractivity contribution in [3.63, 3.8) is 0 Å². The molecule has 0 radical (unpaired) electrons. The van der Waals surface area contributed by atoms with Crippen LogP contribution in [0.2, 0.25) is 0 Å². The van der Waals surface area contributed by atoms with Crippen molar-refractivity contribution in [2.75, 3.05) is 33.4 Å². The van der Waals surface area contributed by atoms with Gasteiger partial charge in [0, 0.05) is 43.1 Å². The van der Waals surface area contributed by atoms with E-state index in [0.717, 1.165) is 17.9 Å². The Balaban J connectivity index is 1.61. The summed E-state index contributed by atoms with van der Waals surface area (Å²) in [6, 6.07) is 8.15. The highest BCUT2D eigenvalue weighted by Crippen LogP contribution is 2.43. The highest BCUT2D eigenvalue weighted by Gasteiger charge is 2.33. The molecule has 0 atom stereocenters. The molecule has 0 saturated heterocycles. The number of benzene rings is 1. The molecule has 2 aromatic rings. The summed E-state index contributed by atoms with van der Waals surface area (Å²) in [6.07, 6.45) is 3.15. The van der Waals surface area contributed by atoms with Gasteiger partial charge in [0.1, 0.15) is 18.1 Å². The molecule has 0 fully saturated rings. The van der Waals surface area contributed by atoms with E-state index in [1.165, 1.54) is 6.20 Å². The van der Waals surface area contributed by atoms with Gasteiger partial charge < -0.3 is 9.47 Å². The summed E-state index contributed by atoms with van der Waals surface area (Å²) in [7, 11) is 1.60. The fourth-order valence-corrected chi connectivity index (χ4v) is 4.35. The molecule has 1 N–H and O–H groups in total. The second kappa shape index (κ2) is 10.2. The molecular formula is C25H32N6O3. The molecule has 0 spiro atoms. The number of methoxy groups -OCH3 is 1. The van der Waals surface area contributed by atoms with Crippen LogP contribution in [-0.4, -0.2) is 77.9 Å². The Labute approximate surface area is 200 Å². The van der Waals surface area contributed by atoms with Gasteiger partial charge in [0.05, 0.1) is 19.2 Å². The Morgan fingerprint density at radius 3 is 2.68 bits per heavy atom. The minimum Gasteiger partial charge on any atom is -0.491 e. The average Bonchev–Trinajstić information content (AvgIpc) is 3.32. The van der Waals surface area contributed by atoms with Crippen molar-refractivity contribution in [2.45, 2.75) is 39.8 Å². The van der Waals surface area contributed by atoms with Crippen molar-refractivity contribution in [1.82, 2.24) is 20.1 Å². The SMILES string of the molecule is COc1c(OCCN(C(C)C)C(C)C)ccc2c1N=C(NC(=O)c1cccnc1)N1CCN=C21. The summed E-state index contributed by atoms with van der Waals surface area (Å²) >= 11 is 0. The summed E-state index contributed by atoms with van der Waals surface area (Å²) < 4.78 is 11.9. The number of amides is 1. The molecule has 0 unspecified atom stereocenters. The summed E-state index contributed by atoms with van der Waals surface area (Å²) in [5, 5.41) is 2.91. The quantitative estimate of drug-likeness (QED) is 0.646. The first-order chi connectivity index (χ1) is 16.4. The number of ether oxygens (including phenoxy) is 2. The number of nitrogens with zero attached hydrogens (tertiary/aromatic N) is 5. The third kappa shape index (κ3) is 4.75. The minimum absolute atomic E-state index is 0.282. The molecule has 0 bridgehead atoms. The molecule has 4 rings (SSSR count). The van der Waals surface area contributed by atoms with Crippen LogP contribution in [0.25, 0.3) is 0 Å². The van der Waals surface area contributed by atoms with Gasteiger partial charge in [-0.3, -0.25) is 29.9 Å². The van der Waals surface area contributed by atoms with Crippen molar-refractivity contribution >= 4 is 23.4 Å². The molecule has 1 aromatic carbocycles. The number of aromatic nitrogens is 1. The van der Waals surface area contributed by atoms with E-state index < -0.39 is 0 Å². The second-order valence-electron chi connectivity index (χ2n) is 8.76. The number of hydrogen-bond donors (Lipinski definition) is 1. The standard InChI is InChI=1S/C25H32N6O3/c1-16(2)30(17(3)4)13-14-34-20-9-8-19-21(22(20)33-5)28-25(31-12-11-27-23(19)31)29-24(32)18-7-6-10-26-15-18/h6-10,15-17H,11-14H2,1-5H3,(H,28,29,32). The Morgan fingerprint density at radius 2 is 2.00 bits per heavy atom. The van der Waals surface area contributed by atoms with E-state index in [9.17, 15) is 4.79 Å². The lowest BCUT2D eigenvalue weighted by Gasteiger charge is -2.31. The predicted molar refractivity (Wildman–Crippen MR) is 132 cm³/mol. The largest absolute Gasteiger partial charge is 0.491 e. The topological polar surface area (TPSA) is 91.7 Å². The number of pyridine rings is 1. The van der Waals surface area contributed by atoms with Gasteiger partial charge in [0.15, 0.2) is 11.5 Å². The van der Waals surface area contributed by atoms with Crippen LogP contribution in [0, 0.1) is 0 Å². The minimum atomic E-state index is -0.282. The van der Waals surface area contributed by atoms with Crippen LogP contribution >= 0.6 is 0 Å². The van der Waals surface area contributed by atoms with Crippen LogP contribution in [-0.2, 0) is 0 Å². The molecule has 1 amide bonds. The first-order valence-corrected chi connectivity index (χ1v) is 11.6. The maximum absolute atomic E-state index is 12.8. The molecule has 2 aliphatic heterocycles. The molecule has 9 nitrogen and oxygen atoms in total. The van der Waals surface area contributed by atoms with Gasteiger partial charge in [0.2, 0.25) is 5.96 Å². The van der Waals surface area contributed by atoms with E-state index in [2.05, 4.69) is 47.9 Å². The predicted octanol–water partition coefficient (Wildman–Crippen LogP) is 3.08. The smallest absolute Gasteiger partial charge is 0.259 e. The Hall–Kier alpha value is -3.46. The number of carbonyl (C=O) groups is 1. The number of rotatable bonds is 8. The van der Waals surface area contributed by atoms with E-state index in [-0.39, 0.29) is 5.91 Å². The first-order valence-electron chi connectivity index (χ1n) is 11.6. The molecule has 180 valence electrons. The number of guanidine groups is 1. The molecule has 2 aliphatic rings. The Bertz CT molecular complexity index is 1090. The van der Waals surface area contributed by atoms with Crippen molar-refractivity contribution < 1.29 is 14.3 Å². The molecule has 0 saturated carbocycles. The van der Waals surface area contributed by atoms with Crippen molar-refractivity contribution in [1.29, 1.82) is 0 Å². The molecule has 1 aromatic heterocycles. The summed E-state index contributed by atoms with van der Waals surface area (Å²) in [6.45, 7) is 11.3. The number of nitrogens with one attached hydrogen (secondary N) is 1. The maximum atomic E-state index is 12.8. The Morgan fingerprint density at radius 1 is 1.21 bits per heavy atom. The number of amidine groups is 1. The highest BCUT2D eigenvalue weighted by atomic mass is 16.5. The van der Waals surface area contributed by atoms with Crippen LogP contribution in [0.4, 0.5) is 5.69 Å². The first kappa shape index (κ1) is 23.7. The van der Waals surface area contributed by atoms with Crippen LogP contribution < -0.4 is 14.8 Å². The van der Waals surface area contributed by atoms with Gasteiger partial charge in [-0.05, 0) is 52.0 Å². The van der Waals surface area contributed by atoms with Crippen molar-refractivity contribution in [2.24, 2.45) is 9.98 Å². The van der Waals surface area contributed by atoms with Gasteiger partial charge in [-0.2, -0.15) is 0 Å². The molecule has 34 heavy (non-hydrogen) atoms. The zero-order valence-corrected chi connectivity index (χ0v) is 20.4. The van der Waals surface area contributed by atoms with E-state index in [1.807, 2.05) is 17.0 Å². The maximum Gasteiger partial charge on any atom is 0.259 e. The lowest BCUT2D eigenvalue weighted by molar-refractivity contribution is 0.0973. The average molecular weight is 465 g/mol. The van der Waals surface area contributed by atoms with Gasteiger partial charge in [-0.25, -0.2) is 4.99 Å². The fourth-order valence-electron chi connectivity index (χ4n) is 4.35. The number of hydrogen-bond acceptors (Lipinski definition) is 8. The fraction of sp³-hybridized carbons (Fsp3) is 0.440. The number of fused-ring (bicyclic) bond motifs is 3. The monoisotopic (exact) mass is 464 g/mol. The van der Waals surface area contributed by atoms with Crippen LogP contribution in [0.15, 0.2) is 46.6 Å². The van der Waals surface area contributed by atoms with Crippen LogP contribution in [0.3, 0.4) is 0 Å². The normalized spacial score (nSPS) is 14.6. The molecule has 3 heterocycles. The molecule has 0 aliphatic carbocycles. The van der Waals surface area contributed by atoms with E-state index in [1.54, 1.807) is 25.4 Å². The van der Waals surface area contributed by atoms with E-state index in [4.69, 9.17) is 14.5 Å².